The second-order valence-corrected chi connectivity index (χ2v) is 6.06. The molecule has 18 heavy (non-hydrogen) atoms. The Morgan fingerprint density at radius 1 is 1.22 bits per heavy atom. The molecule has 0 saturated heterocycles. The van der Waals surface area contributed by atoms with Gasteiger partial charge in [-0.15, -0.1) is 0 Å². The van der Waals surface area contributed by atoms with Crippen LogP contribution < -0.4 is 4.72 Å². The molecule has 2 N–H and O–H groups in total. The molecule has 0 aliphatic carbocycles. The second-order valence-electron chi connectivity index (χ2n) is 4.41. The van der Waals surface area contributed by atoms with Gasteiger partial charge in [-0.25, -0.2) is 8.42 Å². The lowest BCUT2D eigenvalue weighted by molar-refractivity contribution is -0.138. The Morgan fingerprint density at radius 2 is 1.67 bits per heavy atom. The van der Waals surface area contributed by atoms with Gasteiger partial charge in [-0.3, -0.25) is 4.79 Å². The molecule has 5 nitrogen and oxygen atoms in total. The SMILES string of the molecule is Cc1cc(C)c(S(=O)(=O)N[C@H](C)C(=O)O)c(C)c1. The number of rotatable bonds is 4. The average molecular weight is 271 g/mol. The summed E-state index contributed by atoms with van der Waals surface area (Å²) in [7, 11) is -3.81. The van der Waals surface area contributed by atoms with Crippen molar-refractivity contribution in [3.05, 3.63) is 28.8 Å². The molecule has 1 rings (SSSR count). The fourth-order valence-corrected chi connectivity index (χ4v) is 3.58. The molecule has 0 bridgehead atoms. The minimum absolute atomic E-state index is 0.154. The van der Waals surface area contributed by atoms with Crippen molar-refractivity contribution in [3.8, 4) is 0 Å². The lowest BCUT2D eigenvalue weighted by Crippen LogP contribution is -2.38. The molecule has 0 radical (unpaired) electrons. The van der Waals surface area contributed by atoms with E-state index in [0.29, 0.717) is 11.1 Å². The van der Waals surface area contributed by atoms with Crippen molar-refractivity contribution in [1.29, 1.82) is 0 Å². The molecule has 1 aromatic rings. The van der Waals surface area contributed by atoms with E-state index in [1.165, 1.54) is 6.92 Å². The molecular weight excluding hydrogens is 254 g/mol. The maximum atomic E-state index is 12.1. The molecule has 1 aromatic carbocycles. The third-order valence-electron chi connectivity index (χ3n) is 2.58. The summed E-state index contributed by atoms with van der Waals surface area (Å²) < 4.78 is 26.4. The van der Waals surface area contributed by atoms with Crippen LogP contribution in [0.2, 0.25) is 0 Å². The van der Waals surface area contributed by atoms with Gasteiger partial charge in [0, 0.05) is 0 Å². The Bertz CT molecular complexity index is 555. The quantitative estimate of drug-likeness (QED) is 0.866. The number of nitrogens with one attached hydrogen (secondary N) is 1. The highest BCUT2D eigenvalue weighted by atomic mass is 32.2. The summed E-state index contributed by atoms with van der Waals surface area (Å²) in [5.74, 6) is -1.21. The highest BCUT2D eigenvalue weighted by Gasteiger charge is 2.24. The van der Waals surface area contributed by atoms with Gasteiger partial charge in [0.15, 0.2) is 0 Å². The van der Waals surface area contributed by atoms with E-state index in [9.17, 15) is 13.2 Å². The van der Waals surface area contributed by atoms with Crippen LogP contribution in [0.4, 0.5) is 0 Å². The van der Waals surface area contributed by atoms with Gasteiger partial charge in [0.25, 0.3) is 0 Å². The Labute approximate surface area is 107 Å². The van der Waals surface area contributed by atoms with Crippen molar-refractivity contribution >= 4 is 16.0 Å². The first-order valence-electron chi connectivity index (χ1n) is 5.48. The second kappa shape index (κ2) is 5.07. The van der Waals surface area contributed by atoms with Gasteiger partial charge in [-0.2, -0.15) is 4.72 Å². The fraction of sp³-hybridized carbons (Fsp3) is 0.417. The van der Waals surface area contributed by atoms with Crippen molar-refractivity contribution in [2.75, 3.05) is 0 Å². The van der Waals surface area contributed by atoms with Gasteiger partial charge in [0.1, 0.15) is 6.04 Å². The number of carboxylic acid groups (broad SMARTS) is 1. The van der Waals surface area contributed by atoms with Gasteiger partial charge in [-0.1, -0.05) is 17.7 Å². The number of carbonyl (C=O) groups is 1. The topological polar surface area (TPSA) is 83.5 Å². The number of carboxylic acids is 1. The van der Waals surface area contributed by atoms with Crippen molar-refractivity contribution < 1.29 is 18.3 Å². The minimum Gasteiger partial charge on any atom is -0.480 e. The third-order valence-corrected chi connectivity index (χ3v) is 4.42. The number of benzene rings is 1. The first-order valence-corrected chi connectivity index (χ1v) is 6.96. The van der Waals surface area contributed by atoms with Crippen molar-refractivity contribution in [1.82, 2.24) is 4.72 Å². The van der Waals surface area contributed by atoms with Crippen LogP contribution in [0.3, 0.4) is 0 Å². The molecule has 0 heterocycles. The first-order chi connectivity index (χ1) is 8.15. The summed E-state index contributed by atoms with van der Waals surface area (Å²) in [4.78, 5) is 10.9. The Hall–Kier alpha value is -1.40. The molecule has 1 atom stereocenters. The number of hydrogen-bond donors (Lipinski definition) is 2. The number of hydrogen-bond acceptors (Lipinski definition) is 3. The first kappa shape index (κ1) is 14.7. The van der Waals surface area contributed by atoms with E-state index in [1.807, 2.05) is 6.92 Å². The molecule has 0 amide bonds. The van der Waals surface area contributed by atoms with Crippen molar-refractivity contribution in [2.24, 2.45) is 0 Å². The number of aryl methyl sites for hydroxylation is 3. The van der Waals surface area contributed by atoms with E-state index < -0.39 is 22.0 Å². The van der Waals surface area contributed by atoms with Crippen LogP contribution in [0.25, 0.3) is 0 Å². The lowest BCUT2D eigenvalue weighted by atomic mass is 10.1. The third kappa shape index (κ3) is 3.08. The van der Waals surface area contributed by atoms with Gasteiger partial charge in [0.2, 0.25) is 10.0 Å². The van der Waals surface area contributed by atoms with E-state index in [-0.39, 0.29) is 4.90 Å². The summed E-state index contributed by atoms with van der Waals surface area (Å²) in [5, 5.41) is 8.75. The Balaban J connectivity index is 3.25. The Morgan fingerprint density at radius 3 is 2.06 bits per heavy atom. The Kier molecular flexibility index (Phi) is 4.13. The minimum atomic E-state index is -3.81. The molecule has 0 aromatic heterocycles. The van der Waals surface area contributed by atoms with Gasteiger partial charge >= 0.3 is 5.97 Å². The van der Waals surface area contributed by atoms with E-state index in [2.05, 4.69) is 4.72 Å². The van der Waals surface area contributed by atoms with Gasteiger partial charge in [0.05, 0.1) is 4.90 Å². The molecule has 0 unspecified atom stereocenters. The lowest BCUT2D eigenvalue weighted by Gasteiger charge is -2.15. The van der Waals surface area contributed by atoms with Crippen LogP contribution in [0.15, 0.2) is 17.0 Å². The molecule has 6 heteroatoms. The molecule has 100 valence electrons. The highest BCUT2D eigenvalue weighted by Crippen LogP contribution is 2.21. The van der Waals surface area contributed by atoms with Crippen LogP contribution >= 0.6 is 0 Å². The summed E-state index contributed by atoms with van der Waals surface area (Å²) in [6.45, 7) is 6.56. The zero-order valence-corrected chi connectivity index (χ0v) is 11.6. The molecule has 0 spiro atoms. The molecule has 0 saturated carbocycles. The summed E-state index contributed by atoms with van der Waals surface area (Å²) in [6.07, 6.45) is 0. The zero-order chi connectivity index (χ0) is 14.1. The maximum absolute atomic E-state index is 12.1. The largest absolute Gasteiger partial charge is 0.480 e. The van der Waals surface area contributed by atoms with Gasteiger partial charge in [-0.05, 0) is 38.8 Å². The highest BCUT2D eigenvalue weighted by molar-refractivity contribution is 7.89. The van der Waals surface area contributed by atoms with E-state index in [0.717, 1.165) is 5.56 Å². The van der Waals surface area contributed by atoms with Crippen LogP contribution in [0.5, 0.6) is 0 Å². The van der Waals surface area contributed by atoms with Crippen LogP contribution in [-0.2, 0) is 14.8 Å². The molecule has 0 aliphatic rings. The zero-order valence-electron chi connectivity index (χ0n) is 10.8. The predicted molar refractivity (Wildman–Crippen MR) is 68.1 cm³/mol. The van der Waals surface area contributed by atoms with E-state index in [1.54, 1.807) is 26.0 Å². The van der Waals surface area contributed by atoms with Crippen LogP contribution in [0.1, 0.15) is 23.6 Å². The standard InChI is InChI=1S/C12H17NO4S/c1-7-5-8(2)11(9(3)6-7)18(16,17)13-10(4)12(14)15/h5-6,10,13H,1-4H3,(H,14,15)/t10-/m1/s1. The number of aliphatic carboxylic acids is 1. The molecule has 0 aliphatic heterocycles. The normalized spacial score (nSPS) is 13.3. The molecular formula is C12H17NO4S. The van der Waals surface area contributed by atoms with E-state index >= 15 is 0 Å². The van der Waals surface area contributed by atoms with Crippen molar-refractivity contribution in [3.63, 3.8) is 0 Å². The predicted octanol–water partition coefficient (Wildman–Crippen LogP) is 1.36. The van der Waals surface area contributed by atoms with Crippen LogP contribution in [0, 0.1) is 20.8 Å². The van der Waals surface area contributed by atoms with E-state index in [4.69, 9.17) is 5.11 Å². The maximum Gasteiger partial charge on any atom is 0.321 e. The average Bonchev–Trinajstić information content (AvgIpc) is 2.13. The summed E-state index contributed by atoms with van der Waals surface area (Å²) >= 11 is 0. The molecule has 0 fully saturated rings. The smallest absolute Gasteiger partial charge is 0.321 e. The summed E-state index contributed by atoms with van der Waals surface area (Å²) in [5.41, 5.74) is 2.19. The van der Waals surface area contributed by atoms with Crippen molar-refractivity contribution in [2.45, 2.75) is 38.6 Å². The number of sulfonamides is 1. The van der Waals surface area contributed by atoms with Gasteiger partial charge < -0.3 is 5.11 Å². The summed E-state index contributed by atoms with van der Waals surface area (Å²) in [6, 6.07) is 2.36. The fourth-order valence-electron chi connectivity index (χ4n) is 1.93. The van der Waals surface area contributed by atoms with Crippen LogP contribution in [-0.4, -0.2) is 25.5 Å². The monoisotopic (exact) mass is 271 g/mol.